The van der Waals surface area contributed by atoms with Gasteiger partial charge in [-0.1, -0.05) is 29.8 Å². The molecule has 1 aromatic carbocycles. The molecule has 1 aromatic heterocycles. The molecule has 0 fully saturated rings. The first-order valence-corrected chi connectivity index (χ1v) is 7.48. The number of ether oxygens (including phenoxy) is 1. The molecule has 0 aliphatic carbocycles. The van der Waals surface area contributed by atoms with Crippen molar-refractivity contribution in [1.29, 1.82) is 0 Å². The fraction of sp³-hybridized carbons (Fsp3) is 0.353. The second kappa shape index (κ2) is 5.87. The average Bonchev–Trinajstić information content (AvgIpc) is 2.93. The van der Waals surface area contributed by atoms with E-state index in [0.29, 0.717) is 30.9 Å². The van der Waals surface area contributed by atoms with Crippen LogP contribution in [0.25, 0.3) is 11.4 Å². The number of esters is 1. The van der Waals surface area contributed by atoms with Crippen LogP contribution >= 0.6 is 0 Å². The van der Waals surface area contributed by atoms with Gasteiger partial charge in [0.15, 0.2) is 5.69 Å². The maximum absolute atomic E-state index is 11.8. The lowest BCUT2D eigenvalue weighted by Crippen LogP contribution is -2.27. The Balaban J connectivity index is 2.06. The highest BCUT2D eigenvalue weighted by atomic mass is 16.5. The van der Waals surface area contributed by atoms with E-state index in [9.17, 15) is 14.7 Å². The molecule has 0 spiro atoms. The molecule has 6 nitrogen and oxygen atoms in total. The van der Waals surface area contributed by atoms with Crippen molar-refractivity contribution in [2.75, 3.05) is 7.11 Å². The van der Waals surface area contributed by atoms with Gasteiger partial charge >= 0.3 is 11.9 Å². The first-order valence-electron chi connectivity index (χ1n) is 7.48. The van der Waals surface area contributed by atoms with Gasteiger partial charge in [0.1, 0.15) is 5.82 Å². The van der Waals surface area contributed by atoms with Gasteiger partial charge in [-0.2, -0.15) is 0 Å². The van der Waals surface area contributed by atoms with Crippen LogP contribution in [0.15, 0.2) is 24.3 Å². The van der Waals surface area contributed by atoms with E-state index in [0.717, 1.165) is 11.1 Å². The van der Waals surface area contributed by atoms with E-state index in [4.69, 9.17) is 4.74 Å². The lowest BCUT2D eigenvalue weighted by molar-refractivity contribution is -0.146. The first kappa shape index (κ1) is 15.3. The highest BCUT2D eigenvalue weighted by Gasteiger charge is 2.32. The van der Waals surface area contributed by atoms with Crippen LogP contribution in [0.1, 0.15) is 28.2 Å². The number of carboxylic acids is 1. The van der Waals surface area contributed by atoms with Crippen molar-refractivity contribution in [3.63, 3.8) is 0 Å². The number of rotatable bonds is 3. The molecular formula is C17H18N2O4. The summed E-state index contributed by atoms with van der Waals surface area (Å²) < 4.78 is 6.70. The number of aromatic carboxylic acids is 1. The molecule has 23 heavy (non-hydrogen) atoms. The Bertz CT molecular complexity index is 762. The zero-order valence-corrected chi connectivity index (χ0v) is 13.1. The summed E-state index contributed by atoms with van der Waals surface area (Å²) in [5, 5.41) is 9.44. The molecule has 1 N–H and O–H groups in total. The summed E-state index contributed by atoms with van der Waals surface area (Å²) in [6, 6.07) is 7.81. The minimum absolute atomic E-state index is 0.0224. The second-order valence-corrected chi connectivity index (χ2v) is 5.77. The molecule has 0 amide bonds. The number of aromatic nitrogens is 2. The normalized spacial score (nSPS) is 16.7. The number of hydrogen-bond donors (Lipinski definition) is 1. The molecule has 3 rings (SSSR count). The van der Waals surface area contributed by atoms with Crippen molar-refractivity contribution in [2.45, 2.75) is 26.3 Å². The Morgan fingerprint density at radius 1 is 1.30 bits per heavy atom. The van der Waals surface area contributed by atoms with Crippen LogP contribution in [0.5, 0.6) is 0 Å². The number of aryl methyl sites for hydroxylation is 1. The van der Waals surface area contributed by atoms with Gasteiger partial charge in [0, 0.05) is 18.5 Å². The third kappa shape index (κ3) is 2.72. The van der Waals surface area contributed by atoms with Crippen molar-refractivity contribution < 1.29 is 19.4 Å². The van der Waals surface area contributed by atoms with Crippen molar-refractivity contribution >= 4 is 11.9 Å². The number of carbonyl (C=O) groups is 2. The van der Waals surface area contributed by atoms with Crippen molar-refractivity contribution in [3.05, 3.63) is 41.2 Å². The predicted molar refractivity (Wildman–Crippen MR) is 83.2 cm³/mol. The highest BCUT2D eigenvalue weighted by Crippen LogP contribution is 2.30. The summed E-state index contributed by atoms with van der Waals surface area (Å²) in [6.07, 6.45) is 0.959. The van der Waals surface area contributed by atoms with Gasteiger partial charge in [0.05, 0.1) is 18.7 Å². The van der Waals surface area contributed by atoms with Gasteiger partial charge in [-0.15, -0.1) is 0 Å². The van der Waals surface area contributed by atoms with Gasteiger partial charge < -0.3 is 14.4 Å². The Kier molecular flexibility index (Phi) is 3.90. The van der Waals surface area contributed by atoms with E-state index in [1.165, 1.54) is 7.11 Å². The molecule has 1 atom stereocenters. The van der Waals surface area contributed by atoms with E-state index in [1.807, 2.05) is 35.8 Å². The highest BCUT2D eigenvalue weighted by molar-refractivity contribution is 5.88. The molecule has 1 unspecified atom stereocenters. The Labute approximate surface area is 133 Å². The van der Waals surface area contributed by atoms with Crippen LogP contribution in [0.3, 0.4) is 0 Å². The summed E-state index contributed by atoms with van der Waals surface area (Å²) >= 11 is 0. The second-order valence-electron chi connectivity index (χ2n) is 5.77. The topological polar surface area (TPSA) is 81.4 Å². The minimum atomic E-state index is -1.07. The summed E-state index contributed by atoms with van der Waals surface area (Å²) in [7, 11) is 1.35. The number of imidazole rings is 1. The third-order valence-corrected chi connectivity index (χ3v) is 4.26. The van der Waals surface area contributed by atoms with Crippen LogP contribution < -0.4 is 0 Å². The SMILES string of the molecule is COC(=O)C1CCn2c(-c3ccc(C)cc3)nc(C(=O)O)c2C1. The molecule has 0 radical (unpaired) electrons. The number of methoxy groups -OCH3 is 1. The third-order valence-electron chi connectivity index (χ3n) is 4.26. The molecule has 2 aromatic rings. The molecular weight excluding hydrogens is 296 g/mol. The van der Waals surface area contributed by atoms with E-state index in [2.05, 4.69) is 4.98 Å². The number of fused-ring (bicyclic) bond motifs is 1. The van der Waals surface area contributed by atoms with E-state index < -0.39 is 5.97 Å². The number of carboxylic acid groups (broad SMARTS) is 1. The minimum Gasteiger partial charge on any atom is -0.476 e. The Morgan fingerprint density at radius 3 is 2.61 bits per heavy atom. The quantitative estimate of drug-likeness (QED) is 0.879. The monoisotopic (exact) mass is 314 g/mol. The standard InChI is InChI=1S/C17H18N2O4/c1-10-3-5-11(6-4-10)15-18-14(16(20)21)13-9-12(17(22)23-2)7-8-19(13)15/h3-6,12H,7-9H2,1-2H3,(H,20,21). The fourth-order valence-electron chi connectivity index (χ4n) is 3.02. The van der Waals surface area contributed by atoms with E-state index in [-0.39, 0.29) is 17.6 Å². The van der Waals surface area contributed by atoms with Gasteiger partial charge in [-0.25, -0.2) is 9.78 Å². The zero-order valence-electron chi connectivity index (χ0n) is 13.1. The maximum Gasteiger partial charge on any atom is 0.356 e. The van der Waals surface area contributed by atoms with Crippen molar-refractivity contribution in [1.82, 2.24) is 9.55 Å². The first-order chi connectivity index (χ1) is 11.0. The van der Waals surface area contributed by atoms with Gasteiger partial charge in [0.2, 0.25) is 0 Å². The summed E-state index contributed by atoms with van der Waals surface area (Å²) in [6.45, 7) is 2.55. The van der Waals surface area contributed by atoms with Crippen LogP contribution in [-0.4, -0.2) is 33.7 Å². The lowest BCUT2D eigenvalue weighted by atomic mass is 9.95. The van der Waals surface area contributed by atoms with Gasteiger partial charge in [-0.3, -0.25) is 4.79 Å². The number of benzene rings is 1. The van der Waals surface area contributed by atoms with Crippen LogP contribution in [0.4, 0.5) is 0 Å². The Hall–Kier alpha value is -2.63. The molecule has 6 heteroatoms. The fourth-order valence-corrected chi connectivity index (χ4v) is 3.02. The molecule has 2 heterocycles. The van der Waals surface area contributed by atoms with Gasteiger partial charge in [-0.05, 0) is 13.3 Å². The van der Waals surface area contributed by atoms with Crippen LogP contribution in [-0.2, 0) is 22.5 Å². The van der Waals surface area contributed by atoms with Crippen LogP contribution in [0, 0.1) is 12.8 Å². The Morgan fingerprint density at radius 2 is 2.00 bits per heavy atom. The van der Waals surface area contributed by atoms with Gasteiger partial charge in [0.25, 0.3) is 0 Å². The number of nitrogens with zero attached hydrogens (tertiary/aromatic N) is 2. The summed E-state index contributed by atoms with van der Waals surface area (Å²) in [4.78, 5) is 27.6. The molecule has 0 saturated heterocycles. The molecule has 120 valence electrons. The largest absolute Gasteiger partial charge is 0.476 e. The van der Waals surface area contributed by atoms with E-state index >= 15 is 0 Å². The smallest absolute Gasteiger partial charge is 0.356 e. The summed E-state index contributed by atoms with van der Waals surface area (Å²) in [5.74, 6) is -1.04. The molecule has 0 bridgehead atoms. The van der Waals surface area contributed by atoms with Crippen LogP contribution in [0.2, 0.25) is 0 Å². The summed E-state index contributed by atoms with van der Waals surface area (Å²) in [5.41, 5.74) is 2.62. The maximum atomic E-state index is 11.8. The van der Waals surface area contributed by atoms with Crippen molar-refractivity contribution in [3.8, 4) is 11.4 Å². The molecule has 1 aliphatic heterocycles. The molecule has 0 saturated carbocycles. The number of hydrogen-bond acceptors (Lipinski definition) is 4. The zero-order chi connectivity index (χ0) is 16.6. The molecule has 1 aliphatic rings. The number of carbonyl (C=O) groups excluding carboxylic acids is 1. The van der Waals surface area contributed by atoms with E-state index in [1.54, 1.807) is 0 Å². The predicted octanol–water partition coefficient (Wildman–Crippen LogP) is 2.29. The van der Waals surface area contributed by atoms with Crippen molar-refractivity contribution in [2.24, 2.45) is 5.92 Å². The average molecular weight is 314 g/mol. The lowest BCUT2D eigenvalue weighted by Gasteiger charge is -2.23.